The minimum Gasteiger partial charge on any atom is -0.481 e. The van der Waals surface area contributed by atoms with Crippen molar-refractivity contribution in [2.75, 3.05) is 13.7 Å². The summed E-state index contributed by atoms with van der Waals surface area (Å²) in [6.45, 7) is 2.56. The Kier molecular flexibility index (Phi) is 4.36. The number of nitrogens with two attached hydrogens (primary N) is 1. The lowest BCUT2D eigenvalue weighted by atomic mass is 9.86. The molecule has 2 unspecified atom stereocenters. The number of rotatable bonds is 4. The molecule has 2 rings (SSSR count). The average molecular weight is 251 g/mol. The first-order valence-electron chi connectivity index (χ1n) is 6.49. The van der Waals surface area contributed by atoms with Gasteiger partial charge in [-0.1, -0.05) is 6.42 Å². The van der Waals surface area contributed by atoms with Gasteiger partial charge in [-0.2, -0.15) is 4.98 Å². The summed E-state index contributed by atoms with van der Waals surface area (Å²) >= 11 is 0. The summed E-state index contributed by atoms with van der Waals surface area (Å²) in [5.74, 6) is 0.950. The molecule has 1 aliphatic rings. The molecular weight excluding hydrogens is 230 g/mol. The Morgan fingerprint density at radius 2 is 2.11 bits per heavy atom. The number of methoxy groups -OCH3 is 1. The maximum atomic E-state index is 5.90. The largest absolute Gasteiger partial charge is 0.481 e. The number of hydrogen-bond acceptors (Lipinski definition) is 5. The second-order valence-corrected chi connectivity index (χ2v) is 4.77. The van der Waals surface area contributed by atoms with Crippen molar-refractivity contribution >= 4 is 0 Å². The first-order chi connectivity index (χ1) is 8.72. The Labute approximate surface area is 108 Å². The van der Waals surface area contributed by atoms with Crippen LogP contribution in [-0.2, 0) is 0 Å². The lowest BCUT2D eigenvalue weighted by Gasteiger charge is -2.30. The van der Waals surface area contributed by atoms with Gasteiger partial charge < -0.3 is 15.2 Å². The molecule has 0 saturated heterocycles. The third-order valence-corrected chi connectivity index (χ3v) is 3.42. The Hall–Kier alpha value is -1.36. The van der Waals surface area contributed by atoms with Crippen LogP contribution >= 0.6 is 0 Å². The summed E-state index contributed by atoms with van der Waals surface area (Å²) in [5, 5.41) is 0. The van der Waals surface area contributed by atoms with Gasteiger partial charge in [0.2, 0.25) is 5.88 Å². The molecule has 2 N–H and O–H groups in total. The van der Waals surface area contributed by atoms with E-state index in [2.05, 4.69) is 9.97 Å². The van der Waals surface area contributed by atoms with Gasteiger partial charge in [0, 0.05) is 17.7 Å². The fourth-order valence-electron chi connectivity index (χ4n) is 2.40. The van der Waals surface area contributed by atoms with E-state index < -0.39 is 0 Å². The fraction of sp³-hybridized carbons (Fsp3) is 0.692. The molecule has 0 aromatic carbocycles. The highest BCUT2D eigenvalue weighted by atomic mass is 16.5. The summed E-state index contributed by atoms with van der Waals surface area (Å²) in [6.07, 6.45) is 4.71. The summed E-state index contributed by atoms with van der Waals surface area (Å²) < 4.78 is 11.0. The topological polar surface area (TPSA) is 70.3 Å². The first-order valence-corrected chi connectivity index (χ1v) is 6.49. The molecule has 0 spiro atoms. The van der Waals surface area contributed by atoms with E-state index in [1.807, 2.05) is 6.92 Å². The summed E-state index contributed by atoms with van der Waals surface area (Å²) in [5.41, 5.74) is 6.63. The molecule has 0 bridgehead atoms. The third-order valence-electron chi connectivity index (χ3n) is 3.42. The maximum absolute atomic E-state index is 5.90. The van der Waals surface area contributed by atoms with Gasteiger partial charge in [0.15, 0.2) is 0 Å². The van der Waals surface area contributed by atoms with E-state index in [1.165, 1.54) is 12.8 Å². The zero-order chi connectivity index (χ0) is 13.0. The lowest BCUT2D eigenvalue weighted by molar-refractivity contribution is 0.0862. The average Bonchev–Trinajstić information content (AvgIpc) is 2.38. The molecule has 0 amide bonds. The summed E-state index contributed by atoms with van der Waals surface area (Å²) in [4.78, 5) is 8.51. The Balaban J connectivity index is 2.09. The second-order valence-electron chi connectivity index (χ2n) is 4.77. The normalized spacial score (nSPS) is 23.7. The maximum Gasteiger partial charge on any atom is 0.320 e. The van der Waals surface area contributed by atoms with E-state index in [0.717, 1.165) is 18.5 Å². The van der Waals surface area contributed by atoms with Crippen LogP contribution in [0.1, 0.15) is 31.4 Å². The molecule has 1 aromatic heterocycles. The van der Waals surface area contributed by atoms with Gasteiger partial charge in [-0.3, -0.25) is 0 Å². The molecule has 18 heavy (non-hydrogen) atoms. The van der Waals surface area contributed by atoms with Crippen LogP contribution < -0.4 is 15.2 Å². The van der Waals surface area contributed by atoms with Gasteiger partial charge >= 0.3 is 6.01 Å². The van der Waals surface area contributed by atoms with Crippen LogP contribution in [0.15, 0.2) is 6.07 Å². The molecule has 100 valence electrons. The Morgan fingerprint density at radius 3 is 2.83 bits per heavy atom. The molecular formula is C13H21N3O2. The van der Waals surface area contributed by atoms with E-state index in [9.17, 15) is 0 Å². The zero-order valence-corrected chi connectivity index (χ0v) is 11.1. The van der Waals surface area contributed by atoms with E-state index in [1.54, 1.807) is 13.2 Å². The second kappa shape index (κ2) is 6.00. The molecule has 5 heteroatoms. The van der Waals surface area contributed by atoms with Crippen LogP contribution in [0.3, 0.4) is 0 Å². The monoisotopic (exact) mass is 251 g/mol. The number of ether oxygens (including phenoxy) is 2. The summed E-state index contributed by atoms with van der Waals surface area (Å²) in [7, 11) is 1.59. The Bertz CT molecular complexity index is 398. The van der Waals surface area contributed by atoms with Crippen molar-refractivity contribution in [1.29, 1.82) is 0 Å². The molecule has 1 fully saturated rings. The number of aryl methyl sites for hydroxylation is 1. The van der Waals surface area contributed by atoms with Crippen molar-refractivity contribution in [3.63, 3.8) is 0 Å². The molecule has 1 aromatic rings. The third kappa shape index (κ3) is 3.10. The number of aromatic nitrogens is 2. The van der Waals surface area contributed by atoms with Crippen molar-refractivity contribution in [3.8, 4) is 11.9 Å². The van der Waals surface area contributed by atoms with Gasteiger partial charge in [0.1, 0.15) is 6.10 Å². The SMILES string of the molecule is COc1cc(C)nc(OC2CCCCC2CN)n1. The van der Waals surface area contributed by atoms with Crippen LogP contribution in [0, 0.1) is 12.8 Å². The van der Waals surface area contributed by atoms with Gasteiger partial charge in [0.25, 0.3) is 0 Å². The van der Waals surface area contributed by atoms with Crippen LogP contribution in [-0.4, -0.2) is 29.7 Å². The smallest absolute Gasteiger partial charge is 0.320 e. The standard InChI is InChI=1S/C13H21N3O2/c1-9-7-12(17-2)16-13(15-9)18-11-6-4-3-5-10(11)8-14/h7,10-11H,3-6,8,14H2,1-2H3. The molecule has 1 heterocycles. The Morgan fingerprint density at radius 1 is 1.33 bits per heavy atom. The fourth-order valence-corrected chi connectivity index (χ4v) is 2.40. The highest BCUT2D eigenvalue weighted by Gasteiger charge is 2.26. The zero-order valence-electron chi connectivity index (χ0n) is 11.1. The van der Waals surface area contributed by atoms with Crippen molar-refractivity contribution in [3.05, 3.63) is 11.8 Å². The number of hydrogen-bond donors (Lipinski definition) is 1. The van der Waals surface area contributed by atoms with Crippen molar-refractivity contribution in [2.24, 2.45) is 11.7 Å². The van der Waals surface area contributed by atoms with Gasteiger partial charge in [-0.25, -0.2) is 4.98 Å². The van der Waals surface area contributed by atoms with Crippen molar-refractivity contribution in [1.82, 2.24) is 9.97 Å². The minimum absolute atomic E-state index is 0.134. The van der Waals surface area contributed by atoms with E-state index >= 15 is 0 Å². The molecule has 5 nitrogen and oxygen atoms in total. The van der Waals surface area contributed by atoms with Crippen molar-refractivity contribution in [2.45, 2.75) is 38.7 Å². The quantitative estimate of drug-likeness (QED) is 0.881. The first kappa shape index (κ1) is 13.1. The molecule has 0 radical (unpaired) electrons. The van der Waals surface area contributed by atoms with Crippen molar-refractivity contribution < 1.29 is 9.47 Å². The molecule has 0 aliphatic heterocycles. The van der Waals surface area contributed by atoms with Gasteiger partial charge in [0.05, 0.1) is 7.11 Å². The predicted octanol–water partition coefficient (Wildman–Crippen LogP) is 1.69. The van der Waals surface area contributed by atoms with E-state index in [4.69, 9.17) is 15.2 Å². The highest BCUT2D eigenvalue weighted by molar-refractivity contribution is 5.17. The van der Waals surface area contributed by atoms with Crippen LogP contribution in [0.2, 0.25) is 0 Å². The van der Waals surface area contributed by atoms with Crippen LogP contribution in [0.4, 0.5) is 0 Å². The molecule has 1 aliphatic carbocycles. The van der Waals surface area contributed by atoms with E-state index in [0.29, 0.717) is 24.4 Å². The van der Waals surface area contributed by atoms with E-state index in [-0.39, 0.29) is 6.10 Å². The molecule has 1 saturated carbocycles. The molecule has 2 atom stereocenters. The van der Waals surface area contributed by atoms with Crippen LogP contribution in [0.5, 0.6) is 11.9 Å². The predicted molar refractivity (Wildman–Crippen MR) is 68.7 cm³/mol. The van der Waals surface area contributed by atoms with Gasteiger partial charge in [-0.15, -0.1) is 0 Å². The van der Waals surface area contributed by atoms with Crippen LogP contribution in [0.25, 0.3) is 0 Å². The van der Waals surface area contributed by atoms with Gasteiger partial charge in [-0.05, 0) is 32.7 Å². The highest BCUT2D eigenvalue weighted by Crippen LogP contribution is 2.27. The number of nitrogens with zero attached hydrogens (tertiary/aromatic N) is 2. The minimum atomic E-state index is 0.134. The summed E-state index contributed by atoms with van der Waals surface area (Å²) in [6, 6.07) is 2.19. The lowest BCUT2D eigenvalue weighted by Crippen LogP contribution is -2.35.